The molecule has 1 heterocycles. The Morgan fingerprint density at radius 1 is 0.636 bits per heavy atom. The second-order valence-electron chi connectivity index (χ2n) is 5.34. The van der Waals surface area contributed by atoms with E-state index in [4.69, 9.17) is 4.98 Å². The van der Waals surface area contributed by atoms with E-state index in [2.05, 4.69) is 53.8 Å². The average Bonchev–Trinajstić information content (AvgIpc) is 2.59. The molecule has 0 spiro atoms. The van der Waals surface area contributed by atoms with Gasteiger partial charge in [0.2, 0.25) is 0 Å². The van der Waals surface area contributed by atoms with E-state index < -0.39 is 0 Å². The van der Waals surface area contributed by atoms with E-state index in [0.717, 1.165) is 23.3 Å². The van der Waals surface area contributed by atoms with Gasteiger partial charge in [0.15, 0.2) is 0 Å². The number of pyridine rings is 1. The molecule has 3 aromatic carbocycles. The maximum atomic E-state index is 4.77. The standard InChI is InChI=1S/C20H16N2/c1-2-8-15(9-3-1)21-14-18-16-10-4-6-12-19(16)22-20-13-7-5-11-17(18)20/h1-13,21H,14H2. The highest BCUT2D eigenvalue weighted by Crippen LogP contribution is 2.26. The summed E-state index contributed by atoms with van der Waals surface area (Å²) in [5.74, 6) is 0. The number of anilines is 1. The van der Waals surface area contributed by atoms with E-state index in [1.165, 1.54) is 16.3 Å². The average molecular weight is 284 g/mol. The predicted octanol–water partition coefficient (Wildman–Crippen LogP) is 5.00. The molecule has 2 nitrogen and oxygen atoms in total. The molecule has 1 N–H and O–H groups in total. The first-order chi connectivity index (χ1) is 10.9. The van der Waals surface area contributed by atoms with Crippen molar-refractivity contribution in [1.82, 2.24) is 4.98 Å². The Balaban J connectivity index is 1.85. The van der Waals surface area contributed by atoms with Crippen LogP contribution in [-0.2, 0) is 6.54 Å². The van der Waals surface area contributed by atoms with Crippen molar-refractivity contribution in [3.8, 4) is 0 Å². The third-order valence-electron chi connectivity index (χ3n) is 3.94. The lowest BCUT2D eigenvalue weighted by Crippen LogP contribution is -2.02. The van der Waals surface area contributed by atoms with Gasteiger partial charge in [-0.25, -0.2) is 4.98 Å². The SMILES string of the molecule is c1ccc(NCc2c3ccccc3nc3ccccc23)cc1. The second kappa shape index (κ2) is 5.49. The van der Waals surface area contributed by atoms with E-state index >= 15 is 0 Å². The maximum Gasteiger partial charge on any atom is 0.0713 e. The molecular weight excluding hydrogens is 268 g/mol. The van der Waals surface area contributed by atoms with Gasteiger partial charge in [0, 0.05) is 23.0 Å². The molecule has 0 aliphatic carbocycles. The molecule has 22 heavy (non-hydrogen) atoms. The van der Waals surface area contributed by atoms with Crippen LogP contribution in [0.4, 0.5) is 5.69 Å². The van der Waals surface area contributed by atoms with E-state index in [1.807, 2.05) is 30.3 Å². The fourth-order valence-electron chi connectivity index (χ4n) is 2.86. The molecule has 0 amide bonds. The third-order valence-corrected chi connectivity index (χ3v) is 3.94. The minimum Gasteiger partial charge on any atom is -0.381 e. The van der Waals surface area contributed by atoms with E-state index in [1.54, 1.807) is 0 Å². The quantitative estimate of drug-likeness (QED) is 0.535. The van der Waals surface area contributed by atoms with Crippen LogP contribution in [0.25, 0.3) is 21.8 Å². The van der Waals surface area contributed by atoms with Gasteiger partial charge in [-0.15, -0.1) is 0 Å². The zero-order valence-corrected chi connectivity index (χ0v) is 12.2. The van der Waals surface area contributed by atoms with Gasteiger partial charge in [-0.3, -0.25) is 0 Å². The molecule has 0 fully saturated rings. The number of fused-ring (bicyclic) bond motifs is 2. The Morgan fingerprint density at radius 3 is 1.82 bits per heavy atom. The van der Waals surface area contributed by atoms with Crippen molar-refractivity contribution in [3.63, 3.8) is 0 Å². The summed E-state index contributed by atoms with van der Waals surface area (Å²) in [5.41, 5.74) is 4.52. The highest BCUT2D eigenvalue weighted by molar-refractivity contribution is 5.97. The Kier molecular flexibility index (Phi) is 3.20. The van der Waals surface area contributed by atoms with Crippen molar-refractivity contribution >= 4 is 27.5 Å². The summed E-state index contributed by atoms with van der Waals surface area (Å²) in [5, 5.41) is 5.94. The molecule has 0 bridgehead atoms. The van der Waals surface area contributed by atoms with Crippen molar-refractivity contribution in [1.29, 1.82) is 0 Å². The second-order valence-corrected chi connectivity index (χ2v) is 5.34. The van der Waals surface area contributed by atoms with Crippen LogP contribution >= 0.6 is 0 Å². The van der Waals surface area contributed by atoms with Gasteiger partial charge in [0.05, 0.1) is 11.0 Å². The number of para-hydroxylation sites is 3. The van der Waals surface area contributed by atoms with Gasteiger partial charge >= 0.3 is 0 Å². The molecular formula is C20H16N2. The van der Waals surface area contributed by atoms with Crippen molar-refractivity contribution in [3.05, 3.63) is 84.4 Å². The fraction of sp³-hybridized carbons (Fsp3) is 0.0500. The molecule has 0 saturated heterocycles. The molecule has 0 unspecified atom stereocenters. The van der Waals surface area contributed by atoms with Crippen LogP contribution in [0.15, 0.2) is 78.9 Å². The van der Waals surface area contributed by atoms with Crippen molar-refractivity contribution in [2.75, 3.05) is 5.32 Å². The van der Waals surface area contributed by atoms with Crippen LogP contribution in [0.2, 0.25) is 0 Å². The summed E-state index contributed by atoms with van der Waals surface area (Å²) in [6.45, 7) is 0.785. The topological polar surface area (TPSA) is 24.9 Å². The van der Waals surface area contributed by atoms with Gasteiger partial charge in [-0.2, -0.15) is 0 Å². The van der Waals surface area contributed by atoms with Crippen LogP contribution < -0.4 is 5.32 Å². The summed E-state index contributed by atoms with van der Waals surface area (Å²) in [6, 6.07) is 27.0. The summed E-state index contributed by atoms with van der Waals surface area (Å²) in [4.78, 5) is 4.77. The molecule has 106 valence electrons. The first kappa shape index (κ1) is 12.8. The number of hydrogen-bond acceptors (Lipinski definition) is 2. The summed E-state index contributed by atoms with van der Waals surface area (Å²) in [6.07, 6.45) is 0. The molecule has 4 rings (SSSR count). The van der Waals surface area contributed by atoms with E-state index in [-0.39, 0.29) is 0 Å². The Bertz CT molecular complexity index is 876. The first-order valence-corrected chi connectivity index (χ1v) is 7.47. The van der Waals surface area contributed by atoms with Crippen molar-refractivity contribution < 1.29 is 0 Å². The minimum absolute atomic E-state index is 0.785. The highest BCUT2D eigenvalue weighted by atomic mass is 14.9. The Hall–Kier alpha value is -2.87. The van der Waals surface area contributed by atoms with Crippen molar-refractivity contribution in [2.24, 2.45) is 0 Å². The number of aromatic nitrogens is 1. The van der Waals surface area contributed by atoms with Crippen LogP contribution in [0.1, 0.15) is 5.56 Å². The van der Waals surface area contributed by atoms with Gasteiger partial charge in [-0.05, 0) is 29.8 Å². The highest BCUT2D eigenvalue weighted by Gasteiger charge is 2.08. The number of hydrogen-bond donors (Lipinski definition) is 1. The summed E-state index contributed by atoms with van der Waals surface area (Å²) in [7, 11) is 0. The largest absolute Gasteiger partial charge is 0.381 e. The predicted molar refractivity (Wildman–Crippen MR) is 93.0 cm³/mol. The van der Waals surface area contributed by atoms with Gasteiger partial charge in [0.1, 0.15) is 0 Å². The first-order valence-electron chi connectivity index (χ1n) is 7.47. The van der Waals surface area contributed by atoms with Crippen LogP contribution in [0, 0.1) is 0 Å². The molecule has 0 atom stereocenters. The lowest BCUT2D eigenvalue weighted by molar-refractivity contribution is 1.18. The molecule has 2 heteroatoms. The lowest BCUT2D eigenvalue weighted by atomic mass is 10.0. The lowest BCUT2D eigenvalue weighted by Gasteiger charge is -2.12. The minimum atomic E-state index is 0.785. The molecule has 1 aromatic heterocycles. The molecule has 0 aliphatic rings. The monoisotopic (exact) mass is 284 g/mol. The normalized spacial score (nSPS) is 10.9. The number of nitrogens with zero attached hydrogens (tertiary/aromatic N) is 1. The number of benzene rings is 3. The van der Waals surface area contributed by atoms with Crippen molar-refractivity contribution in [2.45, 2.75) is 6.54 Å². The third kappa shape index (κ3) is 2.29. The van der Waals surface area contributed by atoms with Gasteiger partial charge < -0.3 is 5.32 Å². The zero-order chi connectivity index (χ0) is 14.8. The zero-order valence-electron chi connectivity index (χ0n) is 12.2. The maximum absolute atomic E-state index is 4.77. The fourth-order valence-corrected chi connectivity index (χ4v) is 2.86. The van der Waals surface area contributed by atoms with Crippen LogP contribution in [0.3, 0.4) is 0 Å². The van der Waals surface area contributed by atoms with E-state index in [0.29, 0.717) is 0 Å². The molecule has 0 radical (unpaired) electrons. The van der Waals surface area contributed by atoms with Gasteiger partial charge in [-0.1, -0.05) is 54.6 Å². The van der Waals surface area contributed by atoms with Crippen LogP contribution in [-0.4, -0.2) is 4.98 Å². The molecule has 0 aliphatic heterocycles. The number of nitrogens with one attached hydrogen (secondary N) is 1. The smallest absolute Gasteiger partial charge is 0.0713 e. The Labute approximate surface area is 129 Å². The van der Waals surface area contributed by atoms with E-state index in [9.17, 15) is 0 Å². The molecule has 0 saturated carbocycles. The number of rotatable bonds is 3. The summed E-state index contributed by atoms with van der Waals surface area (Å²) >= 11 is 0. The summed E-state index contributed by atoms with van der Waals surface area (Å²) < 4.78 is 0. The van der Waals surface area contributed by atoms with Gasteiger partial charge in [0.25, 0.3) is 0 Å². The molecule has 4 aromatic rings. The Morgan fingerprint density at radius 2 is 1.18 bits per heavy atom. The van der Waals surface area contributed by atoms with Crippen LogP contribution in [0.5, 0.6) is 0 Å².